The lowest BCUT2D eigenvalue weighted by molar-refractivity contribution is 0.674. The zero-order valence-electron chi connectivity index (χ0n) is 9.26. The Kier molecular flexibility index (Phi) is 11.0. The van der Waals surface area contributed by atoms with Gasteiger partial charge >= 0.3 is 0 Å². The number of hydrogen-bond donors (Lipinski definition) is 0. The van der Waals surface area contributed by atoms with Crippen LogP contribution in [-0.2, 0) is 0 Å². The molecular formula is C13H24. The molecule has 0 radical (unpaired) electrons. The highest BCUT2D eigenvalue weighted by molar-refractivity contribution is 5.01. The van der Waals surface area contributed by atoms with Crippen LogP contribution in [0.1, 0.15) is 58.8 Å². The van der Waals surface area contributed by atoms with Crippen LogP contribution in [-0.4, -0.2) is 0 Å². The molecule has 0 heteroatoms. The lowest BCUT2D eigenvalue weighted by atomic mass is 10.1. The molecule has 13 heavy (non-hydrogen) atoms. The molecule has 0 atom stereocenters. The minimum atomic E-state index is 1.21. The minimum Gasteiger partial charge on any atom is -0.0846 e. The molecule has 0 spiro atoms. The average Bonchev–Trinajstić information content (AvgIpc) is 2.16. The van der Waals surface area contributed by atoms with Crippen LogP contribution in [0.5, 0.6) is 0 Å². The molecule has 0 amide bonds. The second-order valence-corrected chi connectivity index (χ2v) is 3.49. The average molecular weight is 180 g/mol. The third kappa shape index (κ3) is 11.5. The fraction of sp³-hybridized carbons (Fsp3) is 0.692. The fourth-order valence-electron chi connectivity index (χ4n) is 1.21. The number of hydrogen-bond acceptors (Lipinski definition) is 0. The Labute approximate surface area is 83.7 Å². The summed E-state index contributed by atoms with van der Waals surface area (Å²) in [7, 11) is 0. The van der Waals surface area contributed by atoms with Gasteiger partial charge in [0.05, 0.1) is 0 Å². The van der Waals surface area contributed by atoms with Crippen LogP contribution < -0.4 is 0 Å². The molecule has 0 nitrogen and oxygen atoms in total. The molecule has 0 aliphatic rings. The SMILES string of the molecule is CCCC=C/C=C/CCCCCC. The van der Waals surface area contributed by atoms with Crippen molar-refractivity contribution in [3.63, 3.8) is 0 Å². The Morgan fingerprint density at radius 3 is 2.00 bits per heavy atom. The predicted molar refractivity (Wildman–Crippen MR) is 61.9 cm³/mol. The summed E-state index contributed by atoms with van der Waals surface area (Å²) in [6.07, 6.45) is 18.0. The van der Waals surface area contributed by atoms with E-state index in [1.54, 1.807) is 0 Å². The zero-order chi connectivity index (χ0) is 9.78. The van der Waals surface area contributed by atoms with Crippen LogP contribution >= 0.6 is 0 Å². The highest BCUT2D eigenvalue weighted by Crippen LogP contribution is 2.02. The molecule has 0 saturated heterocycles. The fourth-order valence-corrected chi connectivity index (χ4v) is 1.21. The van der Waals surface area contributed by atoms with E-state index in [9.17, 15) is 0 Å². The van der Waals surface area contributed by atoms with Crippen LogP contribution in [0.2, 0.25) is 0 Å². The molecule has 0 aromatic heterocycles. The van der Waals surface area contributed by atoms with E-state index in [1.165, 1.54) is 44.9 Å². The van der Waals surface area contributed by atoms with Crippen LogP contribution in [0.4, 0.5) is 0 Å². The van der Waals surface area contributed by atoms with Gasteiger partial charge in [-0.1, -0.05) is 63.8 Å². The molecule has 0 aromatic rings. The number of rotatable bonds is 8. The van der Waals surface area contributed by atoms with Crippen molar-refractivity contribution in [3.8, 4) is 0 Å². The van der Waals surface area contributed by atoms with E-state index < -0.39 is 0 Å². The molecule has 0 aliphatic heterocycles. The summed E-state index contributed by atoms with van der Waals surface area (Å²) < 4.78 is 0. The van der Waals surface area contributed by atoms with Crippen molar-refractivity contribution in [2.45, 2.75) is 58.8 Å². The topological polar surface area (TPSA) is 0 Å². The van der Waals surface area contributed by atoms with Crippen molar-refractivity contribution < 1.29 is 0 Å². The zero-order valence-corrected chi connectivity index (χ0v) is 9.26. The molecule has 0 heterocycles. The Hall–Kier alpha value is -0.520. The van der Waals surface area contributed by atoms with Gasteiger partial charge in [0, 0.05) is 0 Å². The Morgan fingerprint density at radius 1 is 0.692 bits per heavy atom. The van der Waals surface area contributed by atoms with Crippen molar-refractivity contribution in [2.24, 2.45) is 0 Å². The van der Waals surface area contributed by atoms with E-state index in [4.69, 9.17) is 0 Å². The Morgan fingerprint density at radius 2 is 1.38 bits per heavy atom. The molecule has 0 rings (SSSR count). The smallest absolute Gasteiger partial charge is 0.0348 e. The summed E-state index contributed by atoms with van der Waals surface area (Å²) in [5.41, 5.74) is 0. The highest BCUT2D eigenvalue weighted by Gasteiger charge is 1.82. The summed E-state index contributed by atoms with van der Waals surface area (Å²) in [6.45, 7) is 4.46. The van der Waals surface area contributed by atoms with Gasteiger partial charge in [0.15, 0.2) is 0 Å². The molecule has 0 unspecified atom stereocenters. The van der Waals surface area contributed by atoms with Crippen LogP contribution in [0.15, 0.2) is 24.3 Å². The molecular weight excluding hydrogens is 156 g/mol. The first-order chi connectivity index (χ1) is 6.41. The maximum absolute atomic E-state index is 2.28. The van der Waals surface area contributed by atoms with Crippen LogP contribution in [0.25, 0.3) is 0 Å². The normalized spacial score (nSPS) is 11.8. The van der Waals surface area contributed by atoms with Crippen molar-refractivity contribution in [2.75, 3.05) is 0 Å². The van der Waals surface area contributed by atoms with Gasteiger partial charge < -0.3 is 0 Å². The molecule has 0 aromatic carbocycles. The van der Waals surface area contributed by atoms with Gasteiger partial charge in [-0.15, -0.1) is 0 Å². The molecule has 76 valence electrons. The minimum absolute atomic E-state index is 1.21. The van der Waals surface area contributed by atoms with E-state index in [-0.39, 0.29) is 0 Å². The Balaban J connectivity index is 3.12. The van der Waals surface area contributed by atoms with E-state index in [1.807, 2.05) is 0 Å². The van der Waals surface area contributed by atoms with Gasteiger partial charge in [-0.05, 0) is 19.3 Å². The maximum atomic E-state index is 2.28. The molecule has 0 aliphatic carbocycles. The summed E-state index contributed by atoms with van der Waals surface area (Å²) >= 11 is 0. The molecule has 0 saturated carbocycles. The Bertz CT molecular complexity index is 131. The number of unbranched alkanes of at least 4 members (excludes halogenated alkanes) is 5. The third-order valence-corrected chi connectivity index (χ3v) is 2.06. The summed E-state index contributed by atoms with van der Waals surface area (Å²) in [6, 6.07) is 0. The monoisotopic (exact) mass is 180 g/mol. The van der Waals surface area contributed by atoms with Gasteiger partial charge in [-0.25, -0.2) is 0 Å². The van der Waals surface area contributed by atoms with E-state index >= 15 is 0 Å². The summed E-state index contributed by atoms with van der Waals surface area (Å²) in [5.74, 6) is 0. The van der Waals surface area contributed by atoms with Gasteiger partial charge in [0.1, 0.15) is 0 Å². The predicted octanol–water partition coefficient (Wildman–Crippen LogP) is 4.87. The van der Waals surface area contributed by atoms with Crippen LogP contribution in [0, 0.1) is 0 Å². The first-order valence-electron chi connectivity index (χ1n) is 5.73. The van der Waals surface area contributed by atoms with Gasteiger partial charge in [0.25, 0.3) is 0 Å². The lowest BCUT2D eigenvalue weighted by Gasteiger charge is -1.92. The lowest BCUT2D eigenvalue weighted by Crippen LogP contribution is -1.73. The largest absolute Gasteiger partial charge is 0.0846 e. The first-order valence-corrected chi connectivity index (χ1v) is 5.73. The van der Waals surface area contributed by atoms with Gasteiger partial charge in [-0.2, -0.15) is 0 Å². The molecule has 0 fully saturated rings. The van der Waals surface area contributed by atoms with Gasteiger partial charge in [-0.3, -0.25) is 0 Å². The maximum Gasteiger partial charge on any atom is -0.0348 e. The van der Waals surface area contributed by atoms with Crippen molar-refractivity contribution in [1.82, 2.24) is 0 Å². The number of allylic oxidation sites excluding steroid dienone is 4. The van der Waals surface area contributed by atoms with Crippen molar-refractivity contribution in [3.05, 3.63) is 24.3 Å². The van der Waals surface area contributed by atoms with Crippen molar-refractivity contribution >= 4 is 0 Å². The third-order valence-electron chi connectivity index (χ3n) is 2.06. The quantitative estimate of drug-likeness (QED) is 0.369. The second kappa shape index (κ2) is 11.5. The van der Waals surface area contributed by atoms with E-state index in [0.29, 0.717) is 0 Å². The second-order valence-electron chi connectivity index (χ2n) is 3.49. The van der Waals surface area contributed by atoms with Crippen LogP contribution in [0.3, 0.4) is 0 Å². The summed E-state index contributed by atoms with van der Waals surface area (Å²) in [5, 5.41) is 0. The van der Waals surface area contributed by atoms with E-state index in [2.05, 4.69) is 38.2 Å². The molecule has 0 N–H and O–H groups in total. The summed E-state index contributed by atoms with van der Waals surface area (Å²) in [4.78, 5) is 0. The van der Waals surface area contributed by atoms with Crippen molar-refractivity contribution in [1.29, 1.82) is 0 Å². The molecule has 0 bridgehead atoms. The van der Waals surface area contributed by atoms with Gasteiger partial charge in [0.2, 0.25) is 0 Å². The highest BCUT2D eigenvalue weighted by atomic mass is 13.9. The first kappa shape index (κ1) is 12.5. The van der Waals surface area contributed by atoms with E-state index in [0.717, 1.165) is 0 Å². The standard InChI is InChI=1S/C13H24/c1-3-5-7-9-11-13-12-10-8-6-4-2/h7,9,11,13H,3-6,8,10,12H2,1-2H3/b9-7?,13-11+.